The standard InChI is InChI=1S/C15H19FN2O3S2/c1-11-14(7-8-17-23(19,20)10-9-21-2)22-15(18-11)12-3-5-13(16)6-4-12/h3-6,17H,7-10H2,1-2H3. The summed E-state index contributed by atoms with van der Waals surface area (Å²) < 4.78 is 43.6. The number of halogens is 1. The number of benzene rings is 1. The van der Waals surface area contributed by atoms with E-state index >= 15 is 0 Å². The lowest BCUT2D eigenvalue weighted by Gasteiger charge is -2.05. The summed E-state index contributed by atoms with van der Waals surface area (Å²) in [5, 5.41) is 0.805. The maximum Gasteiger partial charge on any atom is 0.213 e. The fraction of sp³-hybridized carbons (Fsp3) is 0.400. The molecule has 1 heterocycles. The van der Waals surface area contributed by atoms with Crippen molar-refractivity contribution < 1.29 is 17.5 Å². The molecule has 0 aliphatic rings. The number of nitrogens with one attached hydrogen (secondary N) is 1. The zero-order valence-corrected chi connectivity index (χ0v) is 14.6. The van der Waals surface area contributed by atoms with Crippen LogP contribution in [0, 0.1) is 12.7 Å². The Labute approximate surface area is 139 Å². The van der Waals surface area contributed by atoms with Crippen LogP contribution in [0.15, 0.2) is 24.3 Å². The Balaban J connectivity index is 1.98. The van der Waals surface area contributed by atoms with Crippen LogP contribution in [0.5, 0.6) is 0 Å². The van der Waals surface area contributed by atoms with Crippen LogP contribution >= 0.6 is 11.3 Å². The van der Waals surface area contributed by atoms with Crippen molar-refractivity contribution in [3.8, 4) is 10.6 Å². The largest absolute Gasteiger partial charge is 0.384 e. The lowest BCUT2D eigenvalue weighted by molar-refractivity contribution is 0.217. The predicted octanol–water partition coefficient (Wildman–Crippen LogP) is 2.37. The molecule has 2 aromatic rings. The van der Waals surface area contributed by atoms with E-state index in [2.05, 4.69) is 9.71 Å². The Bertz CT molecular complexity index is 743. The van der Waals surface area contributed by atoms with Crippen LogP contribution in [0.4, 0.5) is 4.39 Å². The Morgan fingerprint density at radius 1 is 1.30 bits per heavy atom. The van der Waals surface area contributed by atoms with E-state index in [0.717, 1.165) is 21.1 Å². The predicted molar refractivity (Wildman–Crippen MR) is 89.6 cm³/mol. The van der Waals surface area contributed by atoms with Gasteiger partial charge >= 0.3 is 0 Å². The average molecular weight is 358 g/mol. The quantitative estimate of drug-likeness (QED) is 0.787. The molecule has 126 valence electrons. The summed E-state index contributed by atoms with van der Waals surface area (Å²) in [7, 11) is -1.84. The van der Waals surface area contributed by atoms with Crippen LogP contribution in [-0.4, -0.2) is 39.4 Å². The zero-order chi connectivity index (χ0) is 16.9. The van der Waals surface area contributed by atoms with Crippen molar-refractivity contribution in [3.05, 3.63) is 40.7 Å². The summed E-state index contributed by atoms with van der Waals surface area (Å²) in [6.45, 7) is 2.37. The van der Waals surface area contributed by atoms with E-state index in [1.165, 1.54) is 30.6 Å². The molecule has 0 saturated carbocycles. The van der Waals surface area contributed by atoms with Crippen LogP contribution in [0.25, 0.3) is 10.6 Å². The van der Waals surface area contributed by atoms with Crippen LogP contribution in [0.3, 0.4) is 0 Å². The van der Waals surface area contributed by atoms with Gasteiger partial charge in [0.05, 0.1) is 18.1 Å². The Hall–Kier alpha value is -1.35. The number of aromatic nitrogens is 1. The normalized spacial score (nSPS) is 11.8. The first-order valence-corrected chi connectivity index (χ1v) is 9.56. The molecule has 0 atom stereocenters. The molecule has 0 aliphatic carbocycles. The zero-order valence-electron chi connectivity index (χ0n) is 13.0. The number of thiazole rings is 1. The second-order valence-corrected chi connectivity index (χ2v) is 8.00. The van der Waals surface area contributed by atoms with Gasteiger partial charge in [-0.2, -0.15) is 0 Å². The third kappa shape index (κ3) is 5.35. The monoisotopic (exact) mass is 358 g/mol. The van der Waals surface area contributed by atoms with Gasteiger partial charge in [-0.3, -0.25) is 0 Å². The summed E-state index contributed by atoms with van der Waals surface area (Å²) in [5.41, 5.74) is 1.72. The molecule has 0 radical (unpaired) electrons. The molecule has 23 heavy (non-hydrogen) atoms. The minimum absolute atomic E-state index is 0.0496. The van der Waals surface area contributed by atoms with E-state index < -0.39 is 10.0 Å². The van der Waals surface area contributed by atoms with E-state index in [0.29, 0.717) is 13.0 Å². The maximum atomic E-state index is 13.0. The molecule has 0 fully saturated rings. The van der Waals surface area contributed by atoms with Gasteiger partial charge in [0.25, 0.3) is 0 Å². The molecule has 1 aromatic heterocycles. The van der Waals surface area contributed by atoms with E-state index in [1.807, 2.05) is 6.92 Å². The molecule has 0 unspecified atom stereocenters. The van der Waals surface area contributed by atoms with Crippen molar-refractivity contribution >= 4 is 21.4 Å². The summed E-state index contributed by atoms with van der Waals surface area (Å²) in [5.74, 6) is -0.334. The molecule has 2 rings (SSSR count). The Morgan fingerprint density at radius 2 is 2.00 bits per heavy atom. The minimum Gasteiger partial charge on any atom is -0.384 e. The molecular weight excluding hydrogens is 339 g/mol. The highest BCUT2D eigenvalue weighted by molar-refractivity contribution is 7.89. The molecule has 5 nitrogen and oxygen atoms in total. The fourth-order valence-corrected chi connectivity index (χ4v) is 3.97. The number of methoxy groups -OCH3 is 1. The number of hydrogen-bond acceptors (Lipinski definition) is 5. The van der Waals surface area contributed by atoms with Crippen molar-refractivity contribution in [2.24, 2.45) is 0 Å². The molecule has 0 bridgehead atoms. The summed E-state index contributed by atoms with van der Waals surface area (Å²) >= 11 is 1.49. The highest BCUT2D eigenvalue weighted by Gasteiger charge is 2.12. The topological polar surface area (TPSA) is 68.3 Å². The van der Waals surface area contributed by atoms with Crippen molar-refractivity contribution in [2.45, 2.75) is 13.3 Å². The first kappa shape index (κ1) is 18.0. The average Bonchev–Trinajstić information content (AvgIpc) is 2.87. The van der Waals surface area contributed by atoms with Gasteiger partial charge in [0, 0.05) is 24.1 Å². The highest BCUT2D eigenvalue weighted by Crippen LogP contribution is 2.28. The van der Waals surface area contributed by atoms with Gasteiger partial charge in [-0.25, -0.2) is 22.5 Å². The lowest BCUT2D eigenvalue weighted by atomic mass is 10.2. The van der Waals surface area contributed by atoms with E-state index in [4.69, 9.17) is 4.74 Å². The van der Waals surface area contributed by atoms with Crippen LogP contribution < -0.4 is 4.72 Å². The Kier molecular flexibility index (Phi) is 6.23. The molecule has 0 amide bonds. The van der Waals surface area contributed by atoms with Gasteiger partial charge in [0.1, 0.15) is 10.8 Å². The first-order chi connectivity index (χ1) is 10.9. The number of sulfonamides is 1. The van der Waals surface area contributed by atoms with Gasteiger partial charge in [0.2, 0.25) is 10.0 Å². The van der Waals surface area contributed by atoms with Gasteiger partial charge in [-0.15, -0.1) is 11.3 Å². The second kappa shape index (κ2) is 7.96. The SMILES string of the molecule is COCCS(=O)(=O)NCCc1sc(-c2ccc(F)cc2)nc1C. The van der Waals surface area contributed by atoms with Gasteiger partial charge in [-0.05, 0) is 37.6 Å². The number of rotatable bonds is 8. The van der Waals surface area contributed by atoms with Crippen molar-refractivity contribution in [1.29, 1.82) is 0 Å². The van der Waals surface area contributed by atoms with Gasteiger partial charge in [0.15, 0.2) is 0 Å². The van der Waals surface area contributed by atoms with Crippen LogP contribution in [0.1, 0.15) is 10.6 Å². The molecule has 1 aromatic carbocycles. The van der Waals surface area contributed by atoms with Crippen molar-refractivity contribution in [1.82, 2.24) is 9.71 Å². The van der Waals surface area contributed by atoms with E-state index in [-0.39, 0.29) is 18.2 Å². The number of ether oxygens (including phenoxy) is 1. The Morgan fingerprint density at radius 3 is 2.65 bits per heavy atom. The number of hydrogen-bond donors (Lipinski definition) is 1. The van der Waals surface area contributed by atoms with Gasteiger partial charge in [-0.1, -0.05) is 0 Å². The molecule has 0 saturated heterocycles. The van der Waals surface area contributed by atoms with Crippen LogP contribution in [0.2, 0.25) is 0 Å². The summed E-state index contributed by atoms with van der Waals surface area (Å²) in [6.07, 6.45) is 0.566. The molecular formula is C15H19FN2O3S2. The fourth-order valence-electron chi connectivity index (χ4n) is 1.96. The molecule has 1 N–H and O–H groups in total. The smallest absolute Gasteiger partial charge is 0.213 e. The maximum absolute atomic E-state index is 13.0. The van der Waals surface area contributed by atoms with Crippen molar-refractivity contribution in [3.63, 3.8) is 0 Å². The molecule has 0 aliphatic heterocycles. The highest BCUT2D eigenvalue weighted by atomic mass is 32.2. The van der Waals surface area contributed by atoms with Gasteiger partial charge < -0.3 is 4.74 Å². The first-order valence-electron chi connectivity index (χ1n) is 7.10. The van der Waals surface area contributed by atoms with Crippen LogP contribution in [-0.2, 0) is 21.2 Å². The van der Waals surface area contributed by atoms with E-state index in [1.54, 1.807) is 12.1 Å². The second-order valence-electron chi connectivity index (χ2n) is 4.99. The third-order valence-corrected chi connectivity index (χ3v) is 5.83. The molecule has 8 heteroatoms. The third-order valence-electron chi connectivity index (χ3n) is 3.21. The summed E-state index contributed by atoms with van der Waals surface area (Å²) in [4.78, 5) is 5.49. The lowest BCUT2D eigenvalue weighted by Crippen LogP contribution is -2.29. The summed E-state index contributed by atoms with van der Waals surface area (Å²) in [6, 6.07) is 6.17. The number of aryl methyl sites for hydroxylation is 1. The van der Waals surface area contributed by atoms with E-state index in [9.17, 15) is 12.8 Å². The minimum atomic E-state index is -3.31. The van der Waals surface area contributed by atoms with Crippen molar-refractivity contribution in [2.75, 3.05) is 26.0 Å². The molecule has 0 spiro atoms. The number of nitrogens with zero attached hydrogens (tertiary/aromatic N) is 1.